The highest BCUT2D eigenvalue weighted by Gasteiger charge is 2.26. The molecule has 2 unspecified atom stereocenters. The van der Waals surface area contributed by atoms with Gasteiger partial charge in [-0.2, -0.15) is 0 Å². The van der Waals surface area contributed by atoms with Gasteiger partial charge in [-0.3, -0.25) is 18.6 Å². The highest BCUT2D eigenvalue weighted by Crippen LogP contribution is 2.43. The standard InChI is InChI=1S/C69H110NO8P/c1-3-5-7-9-11-13-15-17-19-21-23-25-27-29-31-33-35-37-39-41-43-45-47-49-51-53-55-57-59-61-68(71)75-65-67(66-77-79(73,74)76-64-63-70)78-69(72)62-60-58-56-54-52-50-48-46-44-42-40-38-36-34-32-30-28-26-24-22-20-18-16-14-12-10-8-6-4-2/h5-8,11-14,17-20,23-26,29-32,36,38,42,44,48,50,54,56,67H,3-4,9-10,15-16,21-22,27-28,33-35,37,39-41,43,45-47,49,51-53,55,57-66,70H2,1-2H3,(H,73,74)/b7-5-,8-6-,13-11-,14-12-,19-17-,20-18-,25-23-,26-24-,31-29-,32-30-,38-36-,44-42-,50-48-,56-54-. The second-order valence-electron chi connectivity index (χ2n) is 19.5. The maximum absolute atomic E-state index is 12.7. The topological polar surface area (TPSA) is 134 Å². The lowest BCUT2D eigenvalue weighted by molar-refractivity contribution is -0.161. The second kappa shape index (κ2) is 62.6. The first kappa shape index (κ1) is 74.4. The van der Waals surface area contributed by atoms with Gasteiger partial charge in [0.05, 0.1) is 13.2 Å². The first-order valence-corrected chi connectivity index (χ1v) is 32.1. The summed E-state index contributed by atoms with van der Waals surface area (Å²) in [5.74, 6) is -0.911. The van der Waals surface area contributed by atoms with Crippen molar-refractivity contribution in [2.75, 3.05) is 26.4 Å². The van der Waals surface area contributed by atoms with Crippen LogP contribution in [0.3, 0.4) is 0 Å². The van der Waals surface area contributed by atoms with Gasteiger partial charge < -0.3 is 20.1 Å². The lowest BCUT2D eigenvalue weighted by Crippen LogP contribution is -2.29. The molecule has 0 saturated heterocycles. The van der Waals surface area contributed by atoms with E-state index in [1.807, 2.05) is 6.08 Å². The van der Waals surface area contributed by atoms with E-state index in [1.165, 1.54) is 64.2 Å². The van der Waals surface area contributed by atoms with E-state index in [9.17, 15) is 19.0 Å². The predicted molar refractivity (Wildman–Crippen MR) is 339 cm³/mol. The van der Waals surface area contributed by atoms with Crippen molar-refractivity contribution in [3.63, 3.8) is 0 Å². The van der Waals surface area contributed by atoms with E-state index < -0.39 is 32.5 Å². The Labute approximate surface area is 482 Å². The molecule has 0 heterocycles. The van der Waals surface area contributed by atoms with Crippen LogP contribution in [0.15, 0.2) is 170 Å². The second-order valence-corrected chi connectivity index (χ2v) is 20.9. The number of phosphoric acid groups is 1. The molecule has 2 atom stereocenters. The summed E-state index contributed by atoms with van der Waals surface area (Å²) in [7, 11) is -4.42. The average Bonchev–Trinajstić information content (AvgIpc) is 3.44. The summed E-state index contributed by atoms with van der Waals surface area (Å²) in [4.78, 5) is 35.2. The van der Waals surface area contributed by atoms with Gasteiger partial charge in [0, 0.05) is 19.4 Å². The molecule has 0 spiro atoms. The Kier molecular flexibility index (Phi) is 58.9. The summed E-state index contributed by atoms with van der Waals surface area (Å²) >= 11 is 0. The molecule has 0 aliphatic carbocycles. The molecule has 0 fully saturated rings. The van der Waals surface area contributed by atoms with Crippen LogP contribution in [-0.2, 0) is 32.7 Å². The molecule has 0 amide bonds. The molecule has 444 valence electrons. The molecular formula is C69H110NO8P. The van der Waals surface area contributed by atoms with Crippen molar-refractivity contribution in [3.05, 3.63) is 170 Å². The zero-order chi connectivity index (χ0) is 57.3. The molecule has 0 saturated carbocycles. The van der Waals surface area contributed by atoms with Crippen molar-refractivity contribution >= 4 is 19.8 Å². The predicted octanol–water partition coefficient (Wildman–Crippen LogP) is 19.8. The molecular weight excluding hydrogens is 1000 g/mol. The fraction of sp³-hybridized carbons (Fsp3) is 0.565. The Balaban J connectivity index is 4.11. The first-order chi connectivity index (χ1) is 38.8. The number of hydrogen-bond donors (Lipinski definition) is 2. The largest absolute Gasteiger partial charge is 0.472 e. The summed E-state index contributed by atoms with van der Waals surface area (Å²) in [6, 6.07) is 0. The van der Waals surface area contributed by atoms with Crippen LogP contribution in [0.1, 0.15) is 219 Å². The van der Waals surface area contributed by atoms with E-state index in [0.29, 0.717) is 19.3 Å². The van der Waals surface area contributed by atoms with Gasteiger partial charge in [0.25, 0.3) is 0 Å². The van der Waals surface area contributed by atoms with Gasteiger partial charge in [0.2, 0.25) is 0 Å². The maximum atomic E-state index is 12.7. The van der Waals surface area contributed by atoms with Crippen LogP contribution in [0.4, 0.5) is 0 Å². The number of allylic oxidation sites excluding steroid dienone is 28. The van der Waals surface area contributed by atoms with E-state index in [0.717, 1.165) is 109 Å². The molecule has 3 N–H and O–H groups in total. The number of rotatable bonds is 55. The van der Waals surface area contributed by atoms with Crippen LogP contribution >= 0.6 is 7.82 Å². The molecule has 0 aromatic rings. The normalized spacial score (nSPS) is 14.2. The maximum Gasteiger partial charge on any atom is 0.472 e. The average molecular weight is 1110 g/mol. The summed E-state index contributed by atoms with van der Waals surface area (Å²) in [5.41, 5.74) is 5.38. The number of phosphoric ester groups is 1. The minimum Gasteiger partial charge on any atom is -0.462 e. The summed E-state index contributed by atoms with van der Waals surface area (Å²) in [6.45, 7) is 3.43. The summed E-state index contributed by atoms with van der Waals surface area (Å²) < 4.78 is 33.0. The Morgan fingerprint density at radius 2 is 0.671 bits per heavy atom. The number of hydrogen-bond acceptors (Lipinski definition) is 8. The molecule has 79 heavy (non-hydrogen) atoms. The fourth-order valence-corrected chi connectivity index (χ4v) is 8.43. The van der Waals surface area contributed by atoms with Crippen molar-refractivity contribution in [1.82, 2.24) is 0 Å². The number of esters is 2. The Bertz CT molecular complexity index is 1890. The number of nitrogens with two attached hydrogens (primary N) is 1. The Morgan fingerprint density at radius 3 is 1.01 bits per heavy atom. The Hall–Kier alpha value is -4.63. The molecule has 0 aliphatic heterocycles. The number of carbonyl (C=O) groups excluding carboxylic acids is 2. The quantitative estimate of drug-likeness (QED) is 0.0264. The van der Waals surface area contributed by atoms with Gasteiger partial charge in [-0.05, 0) is 122 Å². The van der Waals surface area contributed by atoms with Crippen molar-refractivity contribution in [2.45, 2.75) is 225 Å². The van der Waals surface area contributed by atoms with Gasteiger partial charge in [0.1, 0.15) is 6.61 Å². The monoisotopic (exact) mass is 1110 g/mol. The molecule has 0 rings (SSSR count). The molecule has 0 aliphatic rings. The number of ether oxygens (including phenoxy) is 2. The number of carbonyl (C=O) groups is 2. The van der Waals surface area contributed by atoms with E-state index in [1.54, 1.807) is 0 Å². The number of unbranched alkanes of at least 4 members (excludes halogenated alkanes) is 14. The minimum atomic E-state index is -4.42. The zero-order valence-electron chi connectivity index (χ0n) is 49.5. The van der Waals surface area contributed by atoms with Crippen LogP contribution in [0.25, 0.3) is 0 Å². The lowest BCUT2D eigenvalue weighted by Gasteiger charge is -2.19. The van der Waals surface area contributed by atoms with E-state index >= 15 is 0 Å². The highest BCUT2D eigenvalue weighted by molar-refractivity contribution is 7.47. The van der Waals surface area contributed by atoms with Crippen molar-refractivity contribution in [1.29, 1.82) is 0 Å². The molecule has 0 aromatic heterocycles. The van der Waals surface area contributed by atoms with Crippen LogP contribution in [0, 0.1) is 0 Å². The van der Waals surface area contributed by atoms with Crippen molar-refractivity contribution < 1.29 is 37.6 Å². The minimum absolute atomic E-state index is 0.0347. The molecule has 9 nitrogen and oxygen atoms in total. The van der Waals surface area contributed by atoms with Crippen molar-refractivity contribution in [2.24, 2.45) is 5.73 Å². The van der Waals surface area contributed by atoms with E-state index in [2.05, 4.69) is 178 Å². The SMILES string of the molecule is CC/C=C\C/C=C\C/C=C\C/C=C\C/C=C\C/C=C\C/C=C\C/C=C\C/C=C\CCCC(=O)OC(COC(=O)CCCCCCCCCCCCCCC/C=C\C/C=C\C/C=C\C/C=C\C/C=C\CC)COP(=O)(O)OCCN. The highest BCUT2D eigenvalue weighted by atomic mass is 31.2. The smallest absolute Gasteiger partial charge is 0.462 e. The van der Waals surface area contributed by atoms with E-state index in [-0.39, 0.29) is 32.6 Å². The fourth-order valence-electron chi connectivity index (χ4n) is 7.66. The van der Waals surface area contributed by atoms with Crippen LogP contribution in [0.5, 0.6) is 0 Å². The van der Waals surface area contributed by atoms with Gasteiger partial charge in [-0.1, -0.05) is 255 Å². The summed E-state index contributed by atoms with van der Waals surface area (Å²) in [6.07, 6.45) is 92.8. The third-order valence-corrected chi connectivity index (χ3v) is 13.1. The third kappa shape index (κ3) is 62.4. The van der Waals surface area contributed by atoms with Crippen LogP contribution in [0.2, 0.25) is 0 Å². The summed E-state index contributed by atoms with van der Waals surface area (Å²) in [5, 5.41) is 0. The molecule has 0 aromatic carbocycles. The van der Waals surface area contributed by atoms with Crippen LogP contribution in [-0.4, -0.2) is 49.3 Å². The third-order valence-electron chi connectivity index (χ3n) is 12.1. The van der Waals surface area contributed by atoms with Gasteiger partial charge in [-0.25, -0.2) is 4.57 Å². The van der Waals surface area contributed by atoms with Gasteiger partial charge >= 0.3 is 19.8 Å². The molecule has 0 bridgehead atoms. The van der Waals surface area contributed by atoms with E-state index in [4.69, 9.17) is 24.3 Å². The molecule has 10 heteroatoms. The first-order valence-electron chi connectivity index (χ1n) is 30.6. The van der Waals surface area contributed by atoms with Gasteiger partial charge in [0.15, 0.2) is 6.10 Å². The van der Waals surface area contributed by atoms with Crippen molar-refractivity contribution in [3.8, 4) is 0 Å². The molecule has 0 radical (unpaired) electrons. The lowest BCUT2D eigenvalue weighted by atomic mass is 10.0. The van der Waals surface area contributed by atoms with Gasteiger partial charge in [-0.15, -0.1) is 0 Å². The van der Waals surface area contributed by atoms with Crippen LogP contribution < -0.4 is 5.73 Å². The Morgan fingerprint density at radius 1 is 0.380 bits per heavy atom. The zero-order valence-corrected chi connectivity index (χ0v) is 50.4.